The van der Waals surface area contributed by atoms with E-state index >= 15 is 0 Å². The van der Waals surface area contributed by atoms with Crippen LogP contribution in [-0.2, 0) is 16.4 Å². The van der Waals surface area contributed by atoms with E-state index in [1.165, 1.54) is 0 Å². The summed E-state index contributed by atoms with van der Waals surface area (Å²) in [5, 5.41) is 10.4. The maximum atomic E-state index is 11.5. The molecule has 1 fully saturated rings. The minimum Gasteiger partial charge on any atom is -0.390 e. The Hall–Kier alpha value is -0.620. The Morgan fingerprint density at radius 1 is 1.44 bits per heavy atom. The molecule has 0 spiro atoms. The topological polar surface area (TPSA) is 57.6 Å². The lowest BCUT2D eigenvalue weighted by Crippen LogP contribution is -2.40. The minimum absolute atomic E-state index is 0.0191. The molecule has 6 heteroatoms. The maximum Gasteiger partial charge on any atom is 0.154 e. The number of rotatable bonds is 3. The van der Waals surface area contributed by atoms with Crippen molar-refractivity contribution in [1.82, 2.24) is 4.90 Å². The quantitative estimate of drug-likeness (QED) is 0.899. The number of hydrogen-bond acceptors (Lipinski definition) is 4. The van der Waals surface area contributed by atoms with Crippen molar-refractivity contribution in [2.24, 2.45) is 0 Å². The van der Waals surface area contributed by atoms with E-state index < -0.39 is 15.9 Å². The summed E-state index contributed by atoms with van der Waals surface area (Å²) in [6, 6.07) is 7.08. The molecular formula is C12H16ClNO3S. The van der Waals surface area contributed by atoms with Gasteiger partial charge in [-0.1, -0.05) is 23.7 Å². The third-order valence-corrected chi connectivity index (χ3v) is 5.11. The zero-order chi connectivity index (χ0) is 13.3. The van der Waals surface area contributed by atoms with Crippen molar-refractivity contribution in [2.75, 3.05) is 18.6 Å². The summed E-state index contributed by atoms with van der Waals surface area (Å²) < 4.78 is 22.9. The molecule has 100 valence electrons. The highest BCUT2D eigenvalue weighted by molar-refractivity contribution is 7.91. The Kier molecular flexibility index (Phi) is 3.96. The van der Waals surface area contributed by atoms with Gasteiger partial charge in [-0.3, -0.25) is 4.90 Å². The van der Waals surface area contributed by atoms with Crippen molar-refractivity contribution in [3.05, 3.63) is 34.9 Å². The fourth-order valence-corrected chi connectivity index (χ4v) is 4.36. The molecule has 4 nitrogen and oxygen atoms in total. The van der Waals surface area contributed by atoms with Crippen LogP contribution in [0.3, 0.4) is 0 Å². The third-order valence-electron chi connectivity index (χ3n) is 3.18. The molecule has 1 aromatic carbocycles. The summed E-state index contributed by atoms with van der Waals surface area (Å²) >= 11 is 5.90. The largest absolute Gasteiger partial charge is 0.390 e. The summed E-state index contributed by atoms with van der Waals surface area (Å²) in [6.45, 7) is 0.567. The van der Waals surface area contributed by atoms with Gasteiger partial charge in [0, 0.05) is 11.6 Å². The number of aliphatic hydroxyl groups is 1. The smallest absolute Gasteiger partial charge is 0.154 e. The van der Waals surface area contributed by atoms with Gasteiger partial charge in [0.2, 0.25) is 0 Å². The predicted octanol–water partition coefficient (Wildman–Crippen LogP) is 0.930. The number of halogens is 1. The molecule has 0 saturated carbocycles. The van der Waals surface area contributed by atoms with Gasteiger partial charge >= 0.3 is 0 Å². The zero-order valence-corrected chi connectivity index (χ0v) is 11.7. The highest BCUT2D eigenvalue weighted by Gasteiger charge is 2.38. The lowest BCUT2D eigenvalue weighted by atomic mass is 10.1. The van der Waals surface area contributed by atoms with Crippen molar-refractivity contribution in [3.63, 3.8) is 0 Å². The standard InChI is InChI=1S/C12H16ClNO3S/c1-14(6-9-3-2-4-10(13)5-9)11-7-18(16,17)8-12(11)15/h2-5,11-12,15H,6-8H2,1H3/t11-,12+/m0/s1. The van der Waals surface area contributed by atoms with Gasteiger partial charge in [0.05, 0.1) is 23.7 Å². The Balaban J connectivity index is 2.07. The van der Waals surface area contributed by atoms with E-state index in [2.05, 4.69) is 0 Å². The Morgan fingerprint density at radius 3 is 2.72 bits per heavy atom. The second-order valence-corrected chi connectivity index (χ2v) is 7.35. The average molecular weight is 290 g/mol. The molecule has 18 heavy (non-hydrogen) atoms. The number of likely N-dealkylation sites (N-methyl/N-ethyl adjacent to an activating group) is 1. The van der Waals surface area contributed by atoms with Crippen LogP contribution < -0.4 is 0 Å². The molecular weight excluding hydrogens is 274 g/mol. The first-order valence-corrected chi connectivity index (χ1v) is 7.90. The van der Waals surface area contributed by atoms with Gasteiger partial charge < -0.3 is 5.11 Å². The average Bonchev–Trinajstić information content (AvgIpc) is 2.52. The van der Waals surface area contributed by atoms with Gasteiger partial charge in [-0.15, -0.1) is 0 Å². The first-order valence-electron chi connectivity index (χ1n) is 5.70. The van der Waals surface area contributed by atoms with Crippen LogP contribution in [0, 0.1) is 0 Å². The molecule has 2 rings (SSSR count). The van der Waals surface area contributed by atoms with Gasteiger partial charge in [-0.05, 0) is 24.7 Å². The SMILES string of the molecule is CN(Cc1cccc(Cl)c1)[C@H]1CS(=O)(=O)C[C@H]1O. The first kappa shape index (κ1) is 13.8. The third kappa shape index (κ3) is 3.23. The monoisotopic (exact) mass is 289 g/mol. The van der Waals surface area contributed by atoms with Crippen molar-refractivity contribution in [3.8, 4) is 0 Å². The molecule has 1 heterocycles. The second-order valence-electron chi connectivity index (χ2n) is 4.76. The van der Waals surface area contributed by atoms with E-state index in [-0.39, 0.29) is 17.5 Å². The molecule has 0 amide bonds. The minimum atomic E-state index is -3.11. The molecule has 1 saturated heterocycles. The van der Waals surface area contributed by atoms with E-state index in [0.29, 0.717) is 11.6 Å². The van der Waals surface area contributed by atoms with Gasteiger partial charge in [0.25, 0.3) is 0 Å². The van der Waals surface area contributed by atoms with Crippen LogP contribution >= 0.6 is 11.6 Å². The fourth-order valence-electron chi connectivity index (χ4n) is 2.27. The van der Waals surface area contributed by atoms with E-state index in [0.717, 1.165) is 5.56 Å². The summed E-state index contributed by atoms with van der Waals surface area (Å²) in [5.41, 5.74) is 1.00. The molecule has 1 aromatic rings. The molecule has 2 atom stereocenters. The fraction of sp³-hybridized carbons (Fsp3) is 0.500. The van der Waals surface area contributed by atoms with E-state index in [1.807, 2.05) is 30.1 Å². The van der Waals surface area contributed by atoms with Crippen LogP contribution in [0.1, 0.15) is 5.56 Å². The number of benzene rings is 1. The molecule has 1 N–H and O–H groups in total. The van der Waals surface area contributed by atoms with Crippen molar-refractivity contribution < 1.29 is 13.5 Å². The number of hydrogen-bond donors (Lipinski definition) is 1. The molecule has 1 aliphatic heterocycles. The van der Waals surface area contributed by atoms with Crippen LogP contribution in [0.4, 0.5) is 0 Å². The van der Waals surface area contributed by atoms with Crippen LogP contribution in [0.2, 0.25) is 5.02 Å². The Morgan fingerprint density at radius 2 is 2.17 bits per heavy atom. The normalized spacial score (nSPS) is 26.7. The van der Waals surface area contributed by atoms with Gasteiger partial charge in [0.1, 0.15) is 0 Å². The Labute approximate surface area is 112 Å². The van der Waals surface area contributed by atoms with Gasteiger partial charge in [-0.2, -0.15) is 0 Å². The lowest BCUT2D eigenvalue weighted by Gasteiger charge is -2.25. The van der Waals surface area contributed by atoms with Crippen molar-refractivity contribution in [2.45, 2.75) is 18.7 Å². The Bertz CT molecular complexity index is 532. The molecule has 0 radical (unpaired) electrons. The van der Waals surface area contributed by atoms with E-state index in [4.69, 9.17) is 11.6 Å². The number of sulfone groups is 1. The highest BCUT2D eigenvalue weighted by Crippen LogP contribution is 2.20. The lowest BCUT2D eigenvalue weighted by molar-refractivity contribution is 0.0958. The van der Waals surface area contributed by atoms with E-state index in [9.17, 15) is 13.5 Å². The summed E-state index contributed by atoms with van der Waals surface area (Å²) in [7, 11) is -1.29. The number of aliphatic hydroxyl groups excluding tert-OH is 1. The van der Waals surface area contributed by atoms with Crippen LogP contribution in [0.25, 0.3) is 0 Å². The number of nitrogens with zero attached hydrogens (tertiary/aromatic N) is 1. The molecule has 0 aromatic heterocycles. The molecule has 0 unspecified atom stereocenters. The van der Waals surface area contributed by atoms with Gasteiger partial charge in [-0.25, -0.2) is 8.42 Å². The van der Waals surface area contributed by atoms with Crippen LogP contribution in [0.15, 0.2) is 24.3 Å². The zero-order valence-electron chi connectivity index (χ0n) is 10.1. The second kappa shape index (κ2) is 5.17. The molecule has 1 aliphatic rings. The molecule has 0 bridgehead atoms. The summed E-state index contributed by atoms with van der Waals surface area (Å²) in [6.07, 6.45) is -0.806. The molecule has 0 aliphatic carbocycles. The van der Waals surface area contributed by atoms with Crippen LogP contribution in [0.5, 0.6) is 0 Å². The first-order chi connectivity index (χ1) is 8.37. The van der Waals surface area contributed by atoms with Crippen LogP contribution in [-0.4, -0.2) is 49.1 Å². The van der Waals surface area contributed by atoms with E-state index in [1.54, 1.807) is 6.07 Å². The predicted molar refractivity (Wildman–Crippen MR) is 71.4 cm³/mol. The van der Waals surface area contributed by atoms with Gasteiger partial charge in [0.15, 0.2) is 9.84 Å². The van der Waals surface area contributed by atoms with Crippen molar-refractivity contribution >= 4 is 21.4 Å². The maximum absolute atomic E-state index is 11.5. The summed E-state index contributed by atoms with van der Waals surface area (Å²) in [5.74, 6) is -0.122. The highest BCUT2D eigenvalue weighted by atomic mass is 35.5. The summed E-state index contributed by atoms with van der Waals surface area (Å²) in [4.78, 5) is 1.86. The van der Waals surface area contributed by atoms with Crippen molar-refractivity contribution in [1.29, 1.82) is 0 Å².